The van der Waals surface area contributed by atoms with Gasteiger partial charge in [0.25, 0.3) is 5.91 Å². The highest BCUT2D eigenvalue weighted by molar-refractivity contribution is 7.99. The maximum absolute atomic E-state index is 12.4. The Morgan fingerprint density at radius 3 is 2.95 bits per heavy atom. The summed E-state index contributed by atoms with van der Waals surface area (Å²) in [6, 6.07) is 4.54. The van der Waals surface area contributed by atoms with E-state index in [0.29, 0.717) is 6.54 Å². The molecule has 1 unspecified atom stereocenters. The van der Waals surface area contributed by atoms with Crippen LogP contribution in [0.2, 0.25) is 0 Å². The molecule has 7 heteroatoms. The van der Waals surface area contributed by atoms with E-state index in [-0.39, 0.29) is 28.9 Å². The fraction of sp³-hybridized carbons (Fsp3) is 0.417. The van der Waals surface area contributed by atoms with Gasteiger partial charge in [-0.2, -0.15) is 11.8 Å². The first-order chi connectivity index (χ1) is 9.02. The third-order valence-corrected chi connectivity index (χ3v) is 4.30. The Morgan fingerprint density at radius 1 is 1.58 bits per heavy atom. The molecule has 0 bridgehead atoms. The van der Waals surface area contributed by atoms with Crippen molar-refractivity contribution in [1.29, 1.82) is 0 Å². The minimum absolute atomic E-state index is 0.0230. The van der Waals surface area contributed by atoms with Crippen molar-refractivity contribution >= 4 is 29.0 Å². The lowest BCUT2D eigenvalue weighted by molar-refractivity contribution is -0.384. The molecule has 1 aromatic carbocycles. The van der Waals surface area contributed by atoms with Crippen molar-refractivity contribution in [2.75, 3.05) is 23.8 Å². The number of carbonyl (C=O) groups is 1. The monoisotopic (exact) mass is 281 g/mol. The van der Waals surface area contributed by atoms with E-state index in [0.717, 1.165) is 11.5 Å². The molecule has 6 nitrogen and oxygen atoms in total. The van der Waals surface area contributed by atoms with E-state index in [4.69, 9.17) is 5.73 Å². The molecular formula is C12H15N3O3S. The molecule has 1 aliphatic rings. The van der Waals surface area contributed by atoms with Crippen LogP contribution in [0.3, 0.4) is 0 Å². The van der Waals surface area contributed by atoms with Gasteiger partial charge >= 0.3 is 5.69 Å². The van der Waals surface area contributed by atoms with E-state index in [1.54, 1.807) is 22.7 Å². The molecular weight excluding hydrogens is 266 g/mol. The lowest BCUT2D eigenvalue weighted by Crippen LogP contribution is -2.44. The average molecular weight is 281 g/mol. The summed E-state index contributed by atoms with van der Waals surface area (Å²) >= 11 is 1.78. The quantitative estimate of drug-likeness (QED) is 0.507. The maximum atomic E-state index is 12.4. The molecule has 0 aromatic heterocycles. The second kappa shape index (κ2) is 5.48. The minimum atomic E-state index is -0.591. The van der Waals surface area contributed by atoms with Crippen LogP contribution < -0.4 is 5.73 Å². The van der Waals surface area contributed by atoms with E-state index in [1.807, 2.05) is 6.92 Å². The fourth-order valence-electron chi connectivity index (χ4n) is 2.12. The highest BCUT2D eigenvalue weighted by atomic mass is 32.2. The second-order valence-corrected chi connectivity index (χ2v) is 5.57. The highest BCUT2D eigenvalue weighted by Crippen LogP contribution is 2.28. The van der Waals surface area contributed by atoms with Gasteiger partial charge in [-0.3, -0.25) is 14.9 Å². The van der Waals surface area contributed by atoms with Crippen LogP contribution >= 0.6 is 11.8 Å². The van der Waals surface area contributed by atoms with Gasteiger partial charge in [-0.05, 0) is 19.1 Å². The van der Waals surface area contributed by atoms with Gasteiger partial charge < -0.3 is 10.6 Å². The van der Waals surface area contributed by atoms with Crippen LogP contribution in [0.5, 0.6) is 0 Å². The first-order valence-electron chi connectivity index (χ1n) is 5.94. The topological polar surface area (TPSA) is 89.5 Å². The Kier molecular flexibility index (Phi) is 3.94. The summed E-state index contributed by atoms with van der Waals surface area (Å²) in [6.07, 6.45) is 0. The van der Waals surface area contributed by atoms with E-state index in [1.165, 1.54) is 12.1 Å². The number of nitrogen functional groups attached to an aromatic ring is 1. The molecule has 1 heterocycles. The Bertz CT molecular complexity index is 521. The Morgan fingerprint density at radius 2 is 2.32 bits per heavy atom. The molecule has 0 spiro atoms. The van der Waals surface area contributed by atoms with Crippen molar-refractivity contribution in [1.82, 2.24) is 4.90 Å². The molecule has 1 atom stereocenters. The largest absolute Gasteiger partial charge is 0.393 e. The van der Waals surface area contributed by atoms with Crippen LogP contribution in [0.1, 0.15) is 17.3 Å². The molecule has 0 aliphatic carbocycles. The number of para-hydroxylation sites is 1. The summed E-state index contributed by atoms with van der Waals surface area (Å²) in [7, 11) is 0. The molecule has 2 N–H and O–H groups in total. The Balaban J connectivity index is 2.38. The van der Waals surface area contributed by atoms with Crippen LogP contribution in [0.25, 0.3) is 0 Å². The average Bonchev–Trinajstić information content (AvgIpc) is 2.37. The van der Waals surface area contributed by atoms with Gasteiger partial charge in [-0.15, -0.1) is 0 Å². The summed E-state index contributed by atoms with van der Waals surface area (Å²) in [6.45, 7) is 2.55. The molecule has 1 aliphatic heterocycles. The summed E-state index contributed by atoms with van der Waals surface area (Å²) in [5.74, 6) is 1.39. The first kappa shape index (κ1) is 13.7. The fourth-order valence-corrected chi connectivity index (χ4v) is 3.13. The van der Waals surface area contributed by atoms with Gasteiger partial charge in [-0.1, -0.05) is 6.07 Å². The molecule has 102 valence electrons. The lowest BCUT2D eigenvalue weighted by atomic mass is 10.1. The van der Waals surface area contributed by atoms with Crippen LogP contribution in [0.4, 0.5) is 11.4 Å². The number of benzene rings is 1. The van der Waals surface area contributed by atoms with E-state index in [2.05, 4.69) is 0 Å². The summed E-state index contributed by atoms with van der Waals surface area (Å²) in [4.78, 5) is 24.6. The van der Waals surface area contributed by atoms with Crippen molar-refractivity contribution in [2.24, 2.45) is 0 Å². The molecule has 1 aromatic rings. The number of rotatable bonds is 2. The number of thioether (sulfide) groups is 1. The second-order valence-electron chi connectivity index (χ2n) is 4.42. The van der Waals surface area contributed by atoms with Gasteiger partial charge in [0, 0.05) is 24.1 Å². The number of hydrogen-bond acceptors (Lipinski definition) is 5. The molecule has 2 rings (SSSR count). The van der Waals surface area contributed by atoms with Crippen molar-refractivity contribution in [2.45, 2.75) is 13.0 Å². The number of hydrogen-bond donors (Lipinski definition) is 1. The minimum Gasteiger partial charge on any atom is -0.393 e. The smallest absolute Gasteiger partial charge is 0.304 e. The van der Waals surface area contributed by atoms with Crippen LogP contribution in [0.15, 0.2) is 18.2 Å². The number of nitrogens with two attached hydrogens (primary N) is 1. The van der Waals surface area contributed by atoms with Crippen LogP contribution in [-0.4, -0.2) is 39.8 Å². The van der Waals surface area contributed by atoms with Gasteiger partial charge in [0.05, 0.1) is 4.92 Å². The highest BCUT2D eigenvalue weighted by Gasteiger charge is 2.30. The first-order valence-corrected chi connectivity index (χ1v) is 7.09. The zero-order valence-electron chi connectivity index (χ0n) is 10.5. The van der Waals surface area contributed by atoms with Gasteiger partial charge in [-0.25, -0.2) is 0 Å². The van der Waals surface area contributed by atoms with E-state index in [9.17, 15) is 14.9 Å². The molecule has 0 radical (unpaired) electrons. The molecule has 1 amide bonds. The van der Waals surface area contributed by atoms with Gasteiger partial charge in [0.2, 0.25) is 0 Å². The van der Waals surface area contributed by atoms with Gasteiger partial charge in [0.1, 0.15) is 11.3 Å². The normalized spacial score (nSPS) is 19.2. The number of nitro groups is 1. The molecule has 1 fully saturated rings. The predicted octanol–water partition coefficient (Wildman–Crippen LogP) is 1.75. The number of carbonyl (C=O) groups excluding carboxylic acids is 1. The molecule has 0 saturated carbocycles. The summed E-state index contributed by atoms with van der Waals surface area (Å²) in [5, 5.41) is 11.1. The predicted molar refractivity (Wildman–Crippen MR) is 75.3 cm³/mol. The summed E-state index contributed by atoms with van der Waals surface area (Å²) < 4.78 is 0. The zero-order chi connectivity index (χ0) is 14.0. The van der Waals surface area contributed by atoms with E-state index < -0.39 is 4.92 Å². The van der Waals surface area contributed by atoms with Crippen molar-refractivity contribution < 1.29 is 9.72 Å². The molecule has 1 saturated heterocycles. The van der Waals surface area contributed by atoms with Crippen molar-refractivity contribution in [3.8, 4) is 0 Å². The number of amides is 1. The standard InChI is InChI=1S/C12H15N3O3S/c1-8-7-19-6-5-14(8)12(16)9-3-2-4-10(13)11(9)15(17)18/h2-4,8H,5-7,13H2,1H3. The zero-order valence-corrected chi connectivity index (χ0v) is 11.4. The SMILES string of the molecule is CC1CSCCN1C(=O)c1cccc(N)c1[N+](=O)[O-]. The third kappa shape index (κ3) is 2.65. The van der Waals surface area contributed by atoms with Crippen LogP contribution in [-0.2, 0) is 0 Å². The Labute approximate surface area is 115 Å². The lowest BCUT2D eigenvalue weighted by Gasteiger charge is -2.33. The molecule has 19 heavy (non-hydrogen) atoms. The van der Waals surface area contributed by atoms with Crippen molar-refractivity contribution in [3.05, 3.63) is 33.9 Å². The van der Waals surface area contributed by atoms with Gasteiger partial charge in [0.15, 0.2) is 0 Å². The number of anilines is 1. The summed E-state index contributed by atoms with van der Waals surface area (Å²) in [5.41, 5.74) is 5.41. The number of nitro benzene ring substituents is 1. The van der Waals surface area contributed by atoms with Crippen LogP contribution in [0, 0.1) is 10.1 Å². The van der Waals surface area contributed by atoms with Crippen molar-refractivity contribution in [3.63, 3.8) is 0 Å². The van der Waals surface area contributed by atoms with E-state index >= 15 is 0 Å². The third-order valence-electron chi connectivity index (χ3n) is 3.11. The maximum Gasteiger partial charge on any atom is 0.304 e. The number of nitrogens with zero attached hydrogens (tertiary/aromatic N) is 2. The Hall–Kier alpha value is -1.76.